The van der Waals surface area contributed by atoms with Crippen molar-refractivity contribution in [2.45, 2.75) is 18.7 Å². The van der Waals surface area contributed by atoms with Gasteiger partial charge in [-0.15, -0.1) is 4.79 Å². The van der Waals surface area contributed by atoms with Crippen LogP contribution in [0.3, 0.4) is 0 Å². The molecule has 0 saturated heterocycles. The molecule has 0 unspecified atom stereocenters. The summed E-state index contributed by atoms with van der Waals surface area (Å²) in [6.07, 6.45) is 0.844. The molecule has 8 nitrogen and oxygen atoms in total. The van der Waals surface area contributed by atoms with E-state index in [0.717, 1.165) is 36.1 Å². The summed E-state index contributed by atoms with van der Waals surface area (Å²) in [5.74, 6) is -1.05. The fraction of sp³-hybridized carbons (Fsp3) is 0.176. The van der Waals surface area contributed by atoms with Crippen LogP contribution in [0.2, 0.25) is 0 Å². The zero-order valence-electron chi connectivity index (χ0n) is 14.7. The molecule has 0 fully saturated rings. The molecule has 0 saturated carbocycles. The van der Waals surface area contributed by atoms with Gasteiger partial charge in [0.25, 0.3) is 15.6 Å². The van der Waals surface area contributed by atoms with Crippen LogP contribution < -0.4 is 4.18 Å². The number of hydrogen-bond donors (Lipinski definition) is 0. The maximum Gasteiger partial charge on any atom is 0.456 e. The number of Topliss-reactive ketones (excluding diaryl/α,β-unsaturated/α-hetero) is 1. The van der Waals surface area contributed by atoms with Crippen LogP contribution in [0.25, 0.3) is 5.53 Å². The first-order chi connectivity index (χ1) is 12.5. The highest BCUT2D eigenvalue weighted by Gasteiger charge is 2.38. The van der Waals surface area contributed by atoms with Crippen LogP contribution in [0.15, 0.2) is 47.4 Å². The predicted molar refractivity (Wildman–Crippen MR) is 98.0 cm³/mol. The quantitative estimate of drug-likeness (QED) is 0.185. The SMILES string of the molecule is Cc1ccc(C(=O)C(=[N+]=[N-])S(=O)(=O)c2ccc(OS(C)(=O)=O)cc2)c(C)c1. The minimum atomic E-state index is -4.44. The van der Waals surface area contributed by atoms with Gasteiger partial charge in [-0.1, -0.05) is 23.8 Å². The van der Waals surface area contributed by atoms with E-state index in [1.807, 2.05) is 6.92 Å². The highest BCUT2D eigenvalue weighted by molar-refractivity contribution is 8.08. The first kappa shape index (κ1) is 20.5. The Labute approximate surface area is 157 Å². The van der Waals surface area contributed by atoms with Gasteiger partial charge in [0.15, 0.2) is 0 Å². The molecule has 0 amide bonds. The Kier molecular flexibility index (Phi) is 5.65. The molecule has 0 radical (unpaired) electrons. The predicted octanol–water partition coefficient (Wildman–Crippen LogP) is 1.93. The minimum absolute atomic E-state index is 0.0917. The summed E-state index contributed by atoms with van der Waals surface area (Å²) < 4.78 is 52.2. The van der Waals surface area contributed by atoms with Crippen molar-refractivity contribution < 1.29 is 30.6 Å². The number of benzene rings is 2. The topological polar surface area (TPSA) is 131 Å². The number of nitrogens with zero attached hydrogens (tertiary/aromatic N) is 2. The van der Waals surface area contributed by atoms with Crippen molar-refractivity contribution in [1.82, 2.24) is 0 Å². The lowest BCUT2D eigenvalue weighted by molar-refractivity contribution is -0.00159. The molecule has 10 heteroatoms. The van der Waals surface area contributed by atoms with Crippen molar-refractivity contribution in [1.29, 1.82) is 0 Å². The third-order valence-electron chi connectivity index (χ3n) is 3.55. The molecule has 0 atom stereocenters. The Bertz CT molecular complexity index is 1160. The number of hydrogen-bond acceptors (Lipinski definition) is 6. The molecular formula is C17H16N2O6S2. The Morgan fingerprint density at radius 2 is 1.59 bits per heavy atom. The maximum absolute atomic E-state index is 12.7. The molecule has 0 heterocycles. The average molecular weight is 408 g/mol. The van der Waals surface area contributed by atoms with Gasteiger partial charge in [-0.3, -0.25) is 4.79 Å². The molecule has 0 aromatic heterocycles. The van der Waals surface area contributed by atoms with Gasteiger partial charge in [0.05, 0.1) is 11.2 Å². The number of ketones is 1. The van der Waals surface area contributed by atoms with Crippen molar-refractivity contribution in [2.75, 3.05) is 6.26 Å². The van der Waals surface area contributed by atoms with Gasteiger partial charge in [0, 0.05) is 5.56 Å². The van der Waals surface area contributed by atoms with E-state index < -0.39 is 30.8 Å². The van der Waals surface area contributed by atoms with Gasteiger partial charge in [-0.25, -0.2) is 8.42 Å². The third kappa shape index (κ3) is 4.68. The van der Waals surface area contributed by atoms with Crippen LogP contribution in [0.5, 0.6) is 5.75 Å². The number of rotatable bonds is 5. The second-order valence-corrected chi connectivity index (χ2v) is 9.25. The van der Waals surface area contributed by atoms with Crippen molar-refractivity contribution in [3.05, 3.63) is 64.7 Å². The van der Waals surface area contributed by atoms with Crippen LogP contribution in [-0.4, -0.2) is 38.7 Å². The van der Waals surface area contributed by atoms with Crippen molar-refractivity contribution in [3.8, 4) is 5.75 Å². The van der Waals surface area contributed by atoms with Crippen LogP contribution in [0.4, 0.5) is 0 Å². The molecule has 2 aromatic carbocycles. The Balaban J connectivity index is 2.44. The Morgan fingerprint density at radius 3 is 2.07 bits per heavy atom. The van der Waals surface area contributed by atoms with Gasteiger partial charge >= 0.3 is 15.2 Å². The first-order valence-corrected chi connectivity index (χ1v) is 10.8. The third-order valence-corrected chi connectivity index (χ3v) is 5.71. The molecule has 2 rings (SSSR count). The summed E-state index contributed by atoms with van der Waals surface area (Å²) >= 11 is 0. The zero-order valence-corrected chi connectivity index (χ0v) is 16.3. The van der Waals surface area contributed by atoms with Gasteiger partial charge in [-0.2, -0.15) is 8.42 Å². The number of sulfone groups is 1. The molecule has 0 aliphatic rings. The van der Waals surface area contributed by atoms with Crippen molar-refractivity contribution >= 4 is 30.8 Å². The van der Waals surface area contributed by atoms with Crippen LogP contribution >= 0.6 is 0 Å². The molecule has 27 heavy (non-hydrogen) atoms. The zero-order chi connectivity index (χ0) is 20.4. The highest BCUT2D eigenvalue weighted by atomic mass is 32.2. The summed E-state index contributed by atoms with van der Waals surface area (Å²) in [4.78, 5) is 15.0. The molecule has 0 bridgehead atoms. The number of carbonyl (C=O) groups is 1. The molecule has 0 N–H and O–H groups in total. The highest BCUT2D eigenvalue weighted by Crippen LogP contribution is 2.21. The maximum atomic E-state index is 12.7. The lowest BCUT2D eigenvalue weighted by Crippen LogP contribution is -2.26. The van der Waals surface area contributed by atoms with E-state index in [9.17, 15) is 27.2 Å². The first-order valence-electron chi connectivity index (χ1n) is 7.54. The smallest absolute Gasteiger partial charge is 0.383 e. The van der Waals surface area contributed by atoms with Gasteiger partial charge in [0.2, 0.25) is 0 Å². The summed E-state index contributed by atoms with van der Waals surface area (Å²) in [6, 6.07) is 9.13. The number of carbonyl (C=O) groups excluding carboxylic acids is 1. The molecule has 0 aliphatic carbocycles. The Morgan fingerprint density at radius 1 is 1.00 bits per heavy atom. The van der Waals surface area contributed by atoms with Crippen LogP contribution in [0, 0.1) is 13.8 Å². The summed E-state index contributed by atoms with van der Waals surface area (Å²) in [7, 11) is -8.21. The van der Waals surface area contributed by atoms with Crippen LogP contribution in [-0.2, 0) is 20.0 Å². The molecular weight excluding hydrogens is 392 g/mol. The van der Waals surface area contributed by atoms with E-state index in [0.29, 0.717) is 5.56 Å². The van der Waals surface area contributed by atoms with E-state index in [2.05, 4.69) is 8.97 Å². The van der Waals surface area contributed by atoms with E-state index in [1.54, 1.807) is 19.1 Å². The summed E-state index contributed by atoms with van der Waals surface area (Å²) in [6.45, 7) is 3.46. The minimum Gasteiger partial charge on any atom is -0.383 e. The molecule has 2 aromatic rings. The molecule has 0 aliphatic heterocycles. The lowest BCUT2D eigenvalue weighted by Gasteiger charge is -2.05. The standard InChI is InChI=1S/C17H16N2O6S2/c1-11-4-9-15(12(2)10-11)16(20)17(19-18)27(23,24)14-7-5-13(6-8-14)25-26(3,21)22/h4-10H,1-3H3. The van der Waals surface area contributed by atoms with E-state index >= 15 is 0 Å². The lowest BCUT2D eigenvalue weighted by atomic mass is 10.0. The fourth-order valence-corrected chi connectivity index (χ4v) is 4.01. The normalized spacial score (nSPS) is 11.5. The van der Waals surface area contributed by atoms with Gasteiger partial charge < -0.3 is 9.71 Å². The Hall–Kier alpha value is -2.81. The van der Waals surface area contributed by atoms with Crippen molar-refractivity contribution in [2.24, 2.45) is 0 Å². The summed E-state index contributed by atoms with van der Waals surface area (Å²) in [5.41, 5.74) is 10.7. The monoisotopic (exact) mass is 408 g/mol. The second kappa shape index (κ2) is 7.43. The van der Waals surface area contributed by atoms with Crippen LogP contribution in [0.1, 0.15) is 21.5 Å². The van der Waals surface area contributed by atoms with Crippen molar-refractivity contribution in [3.63, 3.8) is 0 Å². The molecule has 142 valence electrons. The van der Waals surface area contributed by atoms with Gasteiger partial charge in [-0.05, 0) is 43.7 Å². The second-order valence-electron chi connectivity index (χ2n) is 5.81. The number of aryl methyl sites for hydroxylation is 2. The van der Waals surface area contributed by atoms with E-state index in [1.165, 1.54) is 6.07 Å². The fourth-order valence-electron chi connectivity index (χ4n) is 2.37. The van der Waals surface area contributed by atoms with E-state index in [4.69, 9.17) is 0 Å². The molecule has 0 spiro atoms. The summed E-state index contributed by atoms with van der Waals surface area (Å²) in [5, 5.41) is -1.04. The van der Waals surface area contributed by atoms with E-state index in [-0.39, 0.29) is 16.2 Å². The van der Waals surface area contributed by atoms with Gasteiger partial charge in [0.1, 0.15) is 5.75 Å². The average Bonchev–Trinajstić information content (AvgIpc) is 2.54. The largest absolute Gasteiger partial charge is 0.456 e.